The summed E-state index contributed by atoms with van der Waals surface area (Å²) in [4.78, 5) is 12.5. The first-order valence-corrected chi connectivity index (χ1v) is 7.01. The molecule has 0 fully saturated rings. The number of carbonyl (C=O) groups excluding carboxylic acids is 1. The highest BCUT2D eigenvalue weighted by Gasteiger charge is 2.30. The van der Waals surface area contributed by atoms with Gasteiger partial charge in [-0.3, -0.25) is 4.79 Å². The van der Waals surface area contributed by atoms with Crippen molar-refractivity contribution >= 4 is 11.6 Å². The lowest BCUT2D eigenvalue weighted by atomic mass is 10.00. The van der Waals surface area contributed by atoms with E-state index in [1.165, 1.54) is 0 Å². The van der Waals surface area contributed by atoms with Crippen molar-refractivity contribution in [3.8, 4) is 5.75 Å². The quantitative estimate of drug-likeness (QED) is 0.909. The lowest BCUT2D eigenvalue weighted by molar-refractivity contribution is -0.117. The average molecular weight is 282 g/mol. The molecule has 0 saturated heterocycles. The van der Waals surface area contributed by atoms with Crippen LogP contribution in [0.2, 0.25) is 0 Å². The largest absolute Gasteiger partial charge is 0.492 e. The summed E-state index contributed by atoms with van der Waals surface area (Å²) < 4.78 is 5.56. The molecule has 1 amide bonds. The summed E-state index contributed by atoms with van der Waals surface area (Å²) in [6.07, 6.45) is 0. The van der Waals surface area contributed by atoms with Crippen LogP contribution in [-0.2, 0) is 11.3 Å². The molecule has 3 N–H and O–H groups in total. The second kappa shape index (κ2) is 5.58. The first-order valence-electron chi connectivity index (χ1n) is 7.01. The summed E-state index contributed by atoms with van der Waals surface area (Å²) in [5.41, 5.74) is 9.43. The summed E-state index contributed by atoms with van der Waals surface area (Å²) in [7, 11) is 0. The number of rotatable bonds is 3. The van der Waals surface area contributed by atoms with Crippen molar-refractivity contribution in [3.63, 3.8) is 0 Å². The maximum atomic E-state index is 12.5. The molecule has 108 valence electrons. The molecule has 2 aromatic carbocycles. The van der Waals surface area contributed by atoms with E-state index in [-0.39, 0.29) is 11.8 Å². The normalized spacial score (nSPS) is 16.2. The minimum Gasteiger partial charge on any atom is -0.492 e. The van der Waals surface area contributed by atoms with Crippen LogP contribution in [-0.4, -0.2) is 12.5 Å². The van der Waals surface area contributed by atoms with Crippen LogP contribution in [0.25, 0.3) is 0 Å². The predicted molar refractivity (Wildman–Crippen MR) is 82.4 cm³/mol. The minimum atomic E-state index is -0.262. The Bertz CT molecular complexity index is 682. The van der Waals surface area contributed by atoms with Crippen LogP contribution in [0.15, 0.2) is 42.5 Å². The van der Waals surface area contributed by atoms with Crippen LogP contribution in [0.4, 0.5) is 5.69 Å². The highest BCUT2D eigenvalue weighted by molar-refractivity contribution is 5.97. The number of para-hydroxylation sites is 1. The number of ether oxygens (including phenoxy) is 1. The van der Waals surface area contributed by atoms with Gasteiger partial charge in [0, 0.05) is 17.8 Å². The van der Waals surface area contributed by atoms with E-state index in [2.05, 4.69) is 5.32 Å². The molecule has 0 aromatic heterocycles. The topological polar surface area (TPSA) is 64.3 Å². The Morgan fingerprint density at radius 1 is 1.33 bits per heavy atom. The van der Waals surface area contributed by atoms with Crippen LogP contribution in [0.5, 0.6) is 5.75 Å². The molecule has 0 aliphatic carbocycles. The molecular weight excluding hydrogens is 264 g/mol. The first kappa shape index (κ1) is 13.6. The molecule has 3 rings (SSSR count). The molecule has 0 radical (unpaired) electrons. The fourth-order valence-electron chi connectivity index (χ4n) is 2.53. The van der Waals surface area contributed by atoms with E-state index in [0.29, 0.717) is 13.2 Å². The number of amides is 1. The van der Waals surface area contributed by atoms with Crippen LogP contribution < -0.4 is 15.8 Å². The highest BCUT2D eigenvalue weighted by Crippen LogP contribution is 2.34. The van der Waals surface area contributed by atoms with Crippen molar-refractivity contribution in [3.05, 3.63) is 59.2 Å². The predicted octanol–water partition coefficient (Wildman–Crippen LogP) is 2.57. The van der Waals surface area contributed by atoms with Crippen LogP contribution >= 0.6 is 0 Å². The lowest BCUT2D eigenvalue weighted by Crippen LogP contribution is -2.22. The van der Waals surface area contributed by atoms with E-state index >= 15 is 0 Å². The molecule has 1 unspecified atom stereocenters. The summed E-state index contributed by atoms with van der Waals surface area (Å²) in [5, 5.41) is 2.99. The SMILES string of the molecule is Cc1ccc(CN)cc1NC(=O)C1COc2ccccc21. The Balaban J connectivity index is 1.82. The van der Waals surface area contributed by atoms with Gasteiger partial charge in [0.1, 0.15) is 18.3 Å². The second-order valence-electron chi connectivity index (χ2n) is 5.24. The summed E-state index contributed by atoms with van der Waals surface area (Å²) in [6, 6.07) is 13.5. The lowest BCUT2D eigenvalue weighted by Gasteiger charge is -2.13. The van der Waals surface area contributed by atoms with E-state index in [0.717, 1.165) is 28.1 Å². The van der Waals surface area contributed by atoms with Gasteiger partial charge < -0.3 is 15.8 Å². The van der Waals surface area contributed by atoms with E-state index in [9.17, 15) is 4.79 Å². The van der Waals surface area contributed by atoms with Crippen molar-refractivity contribution < 1.29 is 9.53 Å². The molecule has 4 nitrogen and oxygen atoms in total. The number of hydrogen-bond acceptors (Lipinski definition) is 3. The number of hydrogen-bond donors (Lipinski definition) is 2. The molecule has 1 atom stereocenters. The number of benzene rings is 2. The molecule has 1 aliphatic heterocycles. The van der Waals surface area contributed by atoms with Gasteiger partial charge >= 0.3 is 0 Å². The number of nitrogens with two attached hydrogens (primary N) is 1. The van der Waals surface area contributed by atoms with Crippen molar-refractivity contribution in [2.45, 2.75) is 19.4 Å². The maximum Gasteiger partial charge on any atom is 0.235 e. The maximum absolute atomic E-state index is 12.5. The van der Waals surface area contributed by atoms with E-state index < -0.39 is 0 Å². The molecule has 0 saturated carbocycles. The zero-order chi connectivity index (χ0) is 14.8. The van der Waals surface area contributed by atoms with Gasteiger partial charge in [0.05, 0.1) is 0 Å². The van der Waals surface area contributed by atoms with Crippen molar-refractivity contribution in [1.29, 1.82) is 0 Å². The Morgan fingerprint density at radius 2 is 2.14 bits per heavy atom. The zero-order valence-electron chi connectivity index (χ0n) is 11.9. The van der Waals surface area contributed by atoms with Crippen LogP contribution in [0, 0.1) is 6.92 Å². The van der Waals surface area contributed by atoms with Gasteiger partial charge in [0.15, 0.2) is 0 Å². The molecule has 2 aromatic rings. The molecule has 1 aliphatic rings. The van der Waals surface area contributed by atoms with Crippen molar-refractivity contribution in [1.82, 2.24) is 0 Å². The summed E-state index contributed by atoms with van der Waals surface area (Å²) >= 11 is 0. The Hall–Kier alpha value is -2.33. The number of aryl methyl sites for hydroxylation is 1. The Labute approximate surface area is 123 Å². The monoisotopic (exact) mass is 282 g/mol. The van der Waals surface area contributed by atoms with Gasteiger partial charge in [0.25, 0.3) is 0 Å². The van der Waals surface area contributed by atoms with Crippen LogP contribution in [0.1, 0.15) is 22.6 Å². The van der Waals surface area contributed by atoms with E-state index in [4.69, 9.17) is 10.5 Å². The average Bonchev–Trinajstić information content (AvgIpc) is 2.93. The summed E-state index contributed by atoms with van der Waals surface area (Å²) in [5.74, 6) is 0.490. The first-order chi connectivity index (χ1) is 10.2. The van der Waals surface area contributed by atoms with E-state index in [1.807, 2.05) is 49.4 Å². The Kier molecular flexibility index (Phi) is 3.62. The third-order valence-corrected chi connectivity index (χ3v) is 3.81. The molecular formula is C17H18N2O2. The van der Waals surface area contributed by atoms with E-state index in [1.54, 1.807) is 0 Å². The molecule has 0 spiro atoms. The Morgan fingerprint density at radius 3 is 2.95 bits per heavy atom. The number of fused-ring (bicyclic) bond motifs is 1. The van der Waals surface area contributed by atoms with Gasteiger partial charge in [-0.15, -0.1) is 0 Å². The van der Waals surface area contributed by atoms with Gasteiger partial charge in [-0.05, 0) is 30.2 Å². The molecule has 1 heterocycles. The van der Waals surface area contributed by atoms with Gasteiger partial charge in [-0.2, -0.15) is 0 Å². The smallest absolute Gasteiger partial charge is 0.235 e. The third kappa shape index (κ3) is 2.62. The number of anilines is 1. The molecule has 0 bridgehead atoms. The second-order valence-corrected chi connectivity index (χ2v) is 5.24. The van der Waals surface area contributed by atoms with Gasteiger partial charge in [-0.1, -0.05) is 30.3 Å². The highest BCUT2D eigenvalue weighted by atomic mass is 16.5. The summed E-state index contributed by atoms with van der Waals surface area (Å²) in [6.45, 7) is 2.81. The van der Waals surface area contributed by atoms with Gasteiger partial charge in [0.2, 0.25) is 5.91 Å². The molecule has 21 heavy (non-hydrogen) atoms. The van der Waals surface area contributed by atoms with Crippen LogP contribution in [0.3, 0.4) is 0 Å². The number of carbonyl (C=O) groups is 1. The minimum absolute atomic E-state index is 0.0442. The van der Waals surface area contributed by atoms with Crippen molar-refractivity contribution in [2.24, 2.45) is 5.73 Å². The fraction of sp³-hybridized carbons (Fsp3) is 0.235. The third-order valence-electron chi connectivity index (χ3n) is 3.81. The fourth-order valence-corrected chi connectivity index (χ4v) is 2.53. The van der Waals surface area contributed by atoms with Gasteiger partial charge in [-0.25, -0.2) is 0 Å². The number of nitrogens with one attached hydrogen (secondary N) is 1. The zero-order valence-corrected chi connectivity index (χ0v) is 11.9. The molecule has 4 heteroatoms. The van der Waals surface area contributed by atoms with Crippen molar-refractivity contribution in [2.75, 3.05) is 11.9 Å². The standard InChI is InChI=1S/C17H18N2O2/c1-11-6-7-12(9-18)8-15(11)19-17(20)14-10-21-16-5-3-2-4-13(14)16/h2-8,14H,9-10,18H2,1H3,(H,19,20).